The van der Waals surface area contributed by atoms with E-state index in [1.165, 1.54) is 5.57 Å². The molecule has 394 valence electrons. The van der Waals surface area contributed by atoms with E-state index < -0.39 is 17.9 Å². The Balaban J connectivity index is 0.708. The van der Waals surface area contributed by atoms with E-state index in [4.69, 9.17) is 14.2 Å². The van der Waals surface area contributed by atoms with E-state index in [9.17, 15) is 29.7 Å². The molecule has 0 amide bonds. The topological polar surface area (TPSA) is 184 Å². The first-order chi connectivity index (χ1) is 36.1. The summed E-state index contributed by atoms with van der Waals surface area (Å²) in [7, 11) is 0. The molecule has 0 spiro atoms. The zero-order chi connectivity index (χ0) is 53.5. The molecule has 19 heteroatoms. The number of aliphatic hydroxyl groups excluding tert-OH is 1. The van der Waals surface area contributed by atoms with Gasteiger partial charge in [-0.25, -0.2) is 14.4 Å². The molecule has 1 unspecified atom stereocenters. The van der Waals surface area contributed by atoms with Crippen molar-refractivity contribution in [1.82, 2.24) is 47.1 Å². The van der Waals surface area contributed by atoms with Crippen LogP contribution >= 0.6 is 0 Å². The fraction of sp³-hybridized carbons (Fsp3) is 0.351. The second kappa shape index (κ2) is 17.0. The second-order valence-corrected chi connectivity index (χ2v) is 23.2. The molecule has 0 saturated heterocycles. The van der Waals surface area contributed by atoms with E-state index >= 15 is 0 Å². The van der Waals surface area contributed by atoms with E-state index in [0.717, 1.165) is 44.2 Å². The summed E-state index contributed by atoms with van der Waals surface area (Å²) >= 11 is 0. The summed E-state index contributed by atoms with van der Waals surface area (Å²) in [6, 6.07) is 26.9. The number of carbonyl (C=O) groups excluding carboxylic acids is 3. The maximum atomic E-state index is 13.5. The fourth-order valence-corrected chi connectivity index (χ4v) is 10.2. The lowest BCUT2D eigenvalue weighted by molar-refractivity contribution is 0.0331. The molecule has 0 fully saturated rings. The Morgan fingerprint density at radius 2 is 0.868 bits per heavy atom. The molecular weight excluding hydrogens is 969 g/mol. The van der Waals surface area contributed by atoms with Gasteiger partial charge in [0, 0.05) is 26.1 Å². The van der Waals surface area contributed by atoms with Gasteiger partial charge in [-0.05, 0) is 112 Å². The largest absolute Gasteiger partial charge is 0.510 e. The molecule has 19 nitrogen and oxygen atoms in total. The minimum absolute atomic E-state index is 0.00153. The Hall–Kier alpha value is -8.45. The van der Waals surface area contributed by atoms with Crippen molar-refractivity contribution in [1.29, 1.82) is 0 Å². The van der Waals surface area contributed by atoms with Gasteiger partial charge in [-0.15, -0.1) is 28.1 Å². The zero-order valence-electron chi connectivity index (χ0n) is 44.1. The molecule has 3 N–H and O–H groups in total. The number of allylic oxidation sites excluding steroid dienone is 4. The summed E-state index contributed by atoms with van der Waals surface area (Å²) in [5, 5.41) is 32.4. The molecule has 1 aliphatic carbocycles. The molecule has 0 aliphatic heterocycles. The van der Waals surface area contributed by atoms with Crippen LogP contribution in [0.15, 0.2) is 114 Å². The Kier molecular flexibility index (Phi) is 10.9. The van der Waals surface area contributed by atoms with Crippen LogP contribution in [0.5, 0.6) is 11.5 Å². The van der Waals surface area contributed by atoms with Crippen LogP contribution in [0.2, 0.25) is 0 Å². The van der Waals surface area contributed by atoms with E-state index in [2.05, 4.69) is 62.3 Å². The molecule has 1 atom stereocenters. The average molecular weight is 1030 g/mol. The number of ether oxygens (including phenoxy) is 3. The lowest BCUT2D eigenvalue weighted by Crippen LogP contribution is -2.35. The number of phenolic OH excluding ortho intramolecular Hbond substituents is 2. The van der Waals surface area contributed by atoms with Crippen LogP contribution in [0.3, 0.4) is 0 Å². The van der Waals surface area contributed by atoms with Crippen LogP contribution in [0.1, 0.15) is 117 Å². The number of hydrogen-bond acceptors (Lipinski definition) is 10. The van der Waals surface area contributed by atoms with Crippen LogP contribution in [-0.4, -0.2) is 120 Å². The molecule has 5 aromatic carbocycles. The molecule has 12 rings (SSSR count). The number of aromatic hydroxyl groups is 2. The van der Waals surface area contributed by atoms with Crippen LogP contribution < -0.4 is 0 Å². The number of esters is 3. The zero-order valence-corrected chi connectivity index (χ0v) is 44.1. The van der Waals surface area contributed by atoms with E-state index in [1.54, 1.807) is 54.6 Å². The Bertz CT molecular complexity index is 3910. The molecule has 6 aromatic heterocycles. The molecule has 0 saturated carbocycles. The summed E-state index contributed by atoms with van der Waals surface area (Å²) in [6.07, 6.45) is 4.43. The van der Waals surface area contributed by atoms with Gasteiger partial charge in [0.25, 0.3) is 0 Å². The number of aromatic nitrogens is 9. The number of rotatable bonds is 15. The molecule has 11 aromatic rings. The van der Waals surface area contributed by atoms with Gasteiger partial charge in [-0.2, -0.15) is 14.1 Å². The Labute approximate surface area is 436 Å². The predicted molar refractivity (Wildman–Crippen MR) is 285 cm³/mol. The second-order valence-electron chi connectivity index (χ2n) is 23.2. The van der Waals surface area contributed by atoms with Crippen LogP contribution in [0.4, 0.5) is 0 Å². The first-order valence-corrected chi connectivity index (χ1v) is 25.7. The van der Waals surface area contributed by atoms with Crippen molar-refractivity contribution in [2.45, 2.75) is 85.6 Å². The van der Waals surface area contributed by atoms with Crippen molar-refractivity contribution in [2.24, 2.45) is 5.41 Å². The molecule has 1 aliphatic rings. The van der Waals surface area contributed by atoms with Crippen molar-refractivity contribution >= 4 is 51.0 Å². The fourth-order valence-electron chi connectivity index (χ4n) is 10.2. The third-order valence-electron chi connectivity index (χ3n) is 15.0. The van der Waals surface area contributed by atoms with E-state index in [-0.39, 0.29) is 79.0 Å². The number of hydrogen-bond donors (Lipinski definition) is 3. The molecule has 0 bridgehead atoms. The van der Waals surface area contributed by atoms with Gasteiger partial charge in [-0.1, -0.05) is 86.1 Å². The SMILES string of the molecule is CC(C)(C)C1=CC=C(O)C(n2n3c4ccc(C(=O)OCCN(CCOC(=O)c5ccc6c(c5)n5n(-c7cc(C(C)(C)C)ccc7O)n65)CCOC(=O)c5ccc6c(c5)n5n(-c7cc(C(C)(C)C)ccc7O)n65)cc4n23)C1. The predicted octanol–water partition coefficient (Wildman–Crippen LogP) is 9.44. The van der Waals surface area contributed by atoms with Gasteiger partial charge in [0.05, 0.1) is 16.7 Å². The highest BCUT2D eigenvalue weighted by Crippen LogP contribution is 2.41. The smallest absolute Gasteiger partial charge is 0.338 e. The number of nitrogens with zero attached hydrogens (tertiary/aromatic N) is 10. The third kappa shape index (κ3) is 8.11. The van der Waals surface area contributed by atoms with Crippen LogP contribution in [-0.2, 0) is 25.0 Å². The first kappa shape index (κ1) is 48.5. The first-order valence-electron chi connectivity index (χ1n) is 25.7. The number of phenols is 2. The quantitative estimate of drug-likeness (QED) is 0.0661. The van der Waals surface area contributed by atoms with Crippen molar-refractivity contribution < 1.29 is 43.9 Å². The molecule has 6 heterocycles. The Morgan fingerprint density at radius 1 is 0.487 bits per heavy atom. The number of carbonyl (C=O) groups is 3. The summed E-state index contributed by atoms with van der Waals surface area (Å²) in [5.74, 6) is -0.970. The number of aliphatic hydroxyl groups is 1. The van der Waals surface area contributed by atoms with Gasteiger partial charge in [0.15, 0.2) is 0 Å². The van der Waals surface area contributed by atoms with Crippen molar-refractivity contribution in [3.63, 3.8) is 0 Å². The molecule has 76 heavy (non-hydrogen) atoms. The van der Waals surface area contributed by atoms with Crippen molar-refractivity contribution in [3.8, 4) is 22.9 Å². The molecular formula is C57H62N10O9. The minimum atomic E-state index is -0.517. The molecule has 0 radical (unpaired) electrons. The summed E-state index contributed by atoms with van der Waals surface area (Å²) in [5.41, 5.74) is 10.6. The van der Waals surface area contributed by atoms with Crippen molar-refractivity contribution in [3.05, 3.63) is 142 Å². The summed E-state index contributed by atoms with van der Waals surface area (Å²) in [4.78, 5) is 48.2. The van der Waals surface area contributed by atoms with E-state index in [1.807, 2.05) is 95.6 Å². The maximum Gasteiger partial charge on any atom is 0.338 e. The minimum Gasteiger partial charge on any atom is -0.510 e. The van der Waals surface area contributed by atoms with Gasteiger partial charge >= 0.3 is 17.9 Å². The summed E-state index contributed by atoms with van der Waals surface area (Å²) < 4.78 is 28.9. The third-order valence-corrected chi connectivity index (χ3v) is 15.0. The van der Waals surface area contributed by atoms with Gasteiger partial charge < -0.3 is 29.5 Å². The lowest BCUT2D eigenvalue weighted by atomic mass is 9.80. The average Bonchev–Trinajstić information content (AvgIpc) is 4.31. The highest BCUT2D eigenvalue weighted by molar-refractivity contribution is 5.96. The highest BCUT2D eigenvalue weighted by Gasteiger charge is 2.36. The lowest BCUT2D eigenvalue weighted by Gasteiger charge is -2.28. The van der Waals surface area contributed by atoms with Crippen LogP contribution in [0, 0.1) is 5.41 Å². The standard InChI is InChI=1S/C57H62N10O9/c1-55(2,3)37-13-19-49(68)46(31-37)65-59-40-16-10-34(28-43(40)62(59)65)52(71)74-25-22-58(23-26-75-53(72)35-11-17-41-44(29-35)63-60(41)66(63)47-32-38(56(4,5)6)14-20-50(47)69)24-27-76-54(73)36-12-18-42-45(30-36)64-61(42)67(64)48-33-39(57(7,8)9)15-21-51(48)70/h10-21,28-32,48,68-70H,22-27,33H2,1-9H3. The van der Waals surface area contributed by atoms with Crippen LogP contribution in [0.25, 0.3) is 44.5 Å². The van der Waals surface area contributed by atoms with Crippen molar-refractivity contribution in [2.75, 3.05) is 39.5 Å². The monoisotopic (exact) mass is 1030 g/mol. The normalized spacial score (nSPS) is 15.1. The Morgan fingerprint density at radius 3 is 1.28 bits per heavy atom. The van der Waals surface area contributed by atoms with E-state index in [0.29, 0.717) is 34.5 Å². The maximum absolute atomic E-state index is 13.5. The van der Waals surface area contributed by atoms with Gasteiger partial charge in [0.1, 0.15) is 87.6 Å². The van der Waals surface area contributed by atoms with Gasteiger partial charge in [-0.3, -0.25) is 4.90 Å². The number of benzene rings is 5. The summed E-state index contributed by atoms with van der Waals surface area (Å²) in [6.45, 7) is 19.9. The highest BCUT2D eigenvalue weighted by atomic mass is 16.5. The number of fused-ring (bicyclic) bond motifs is 12. The van der Waals surface area contributed by atoms with Gasteiger partial charge in [0.2, 0.25) is 0 Å².